The van der Waals surface area contributed by atoms with Crippen LogP contribution in [-0.2, 0) is 25.2 Å². The predicted molar refractivity (Wildman–Crippen MR) is 97.9 cm³/mol. The number of halogens is 4. The molecule has 1 unspecified atom stereocenters. The summed E-state index contributed by atoms with van der Waals surface area (Å²) in [5.74, 6) is -0.835. The van der Waals surface area contributed by atoms with Crippen LogP contribution in [0.1, 0.15) is 68.3 Å². The molecule has 2 atom stereocenters. The highest BCUT2D eigenvalue weighted by atomic mass is 19.4. The fraction of sp³-hybridized carbons (Fsp3) is 0.571. The largest absolute Gasteiger partial charge is 0.416 e. The van der Waals surface area contributed by atoms with Crippen molar-refractivity contribution in [2.45, 2.75) is 64.1 Å². The Hall–Kier alpha value is -2.05. The third kappa shape index (κ3) is 2.37. The quantitative estimate of drug-likeness (QED) is 0.660. The molecule has 0 N–H and O–H groups in total. The second-order valence-electron chi connectivity index (χ2n) is 8.95. The van der Waals surface area contributed by atoms with Crippen molar-refractivity contribution < 1.29 is 17.6 Å². The zero-order valence-corrected chi connectivity index (χ0v) is 16.5. The molecule has 4 rings (SSSR count). The van der Waals surface area contributed by atoms with Crippen molar-refractivity contribution in [3.8, 4) is 0 Å². The Morgan fingerprint density at radius 3 is 2.54 bits per heavy atom. The molecule has 2 aliphatic rings. The third-order valence-corrected chi connectivity index (χ3v) is 7.44. The van der Waals surface area contributed by atoms with E-state index in [4.69, 9.17) is 0 Å². The fourth-order valence-corrected chi connectivity index (χ4v) is 5.59. The van der Waals surface area contributed by atoms with Gasteiger partial charge < -0.3 is 0 Å². The highest BCUT2D eigenvalue weighted by Gasteiger charge is 2.60. The van der Waals surface area contributed by atoms with Crippen LogP contribution < -0.4 is 5.56 Å². The summed E-state index contributed by atoms with van der Waals surface area (Å²) in [6.45, 7) is 6.29. The molecule has 2 bridgehead atoms. The van der Waals surface area contributed by atoms with Gasteiger partial charge in [0.05, 0.1) is 17.8 Å². The molecule has 0 radical (unpaired) electrons. The Balaban J connectivity index is 1.87. The van der Waals surface area contributed by atoms with Crippen molar-refractivity contribution in [3.63, 3.8) is 0 Å². The van der Waals surface area contributed by atoms with E-state index in [0.717, 1.165) is 42.7 Å². The number of hydrogen-bond donors (Lipinski definition) is 0. The lowest BCUT2D eigenvalue weighted by molar-refractivity contribution is -0.138. The normalized spacial score (nSPS) is 25.8. The van der Waals surface area contributed by atoms with E-state index >= 15 is 0 Å². The van der Waals surface area contributed by atoms with Gasteiger partial charge in [0.1, 0.15) is 5.82 Å². The molecule has 1 fully saturated rings. The summed E-state index contributed by atoms with van der Waals surface area (Å²) >= 11 is 0. The summed E-state index contributed by atoms with van der Waals surface area (Å²) in [6.07, 6.45) is -1.78. The van der Waals surface area contributed by atoms with Crippen LogP contribution in [0.25, 0.3) is 0 Å². The van der Waals surface area contributed by atoms with Crippen molar-refractivity contribution in [3.05, 3.63) is 56.8 Å². The van der Waals surface area contributed by atoms with Gasteiger partial charge >= 0.3 is 6.18 Å². The van der Waals surface area contributed by atoms with E-state index in [1.807, 2.05) is 0 Å². The predicted octanol–water partition coefficient (Wildman–Crippen LogP) is 4.96. The van der Waals surface area contributed by atoms with Crippen LogP contribution in [0.15, 0.2) is 23.0 Å². The number of hydrogen-bond acceptors (Lipinski definition) is 1. The Bertz CT molecular complexity index is 1010. The van der Waals surface area contributed by atoms with Gasteiger partial charge in [-0.25, -0.2) is 9.07 Å². The van der Waals surface area contributed by atoms with Gasteiger partial charge in [0, 0.05) is 18.0 Å². The van der Waals surface area contributed by atoms with E-state index in [9.17, 15) is 22.4 Å². The second-order valence-corrected chi connectivity index (χ2v) is 8.95. The van der Waals surface area contributed by atoms with Gasteiger partial charge in [0.15, 0.2) is 0 Å². The minimum atomic E-state index is -4.68. The standard InChI is InChI=1S/C21H24F4N2O/c1-19(2)14-6-5-9-20(19,3)17-16(14)18(28)27(26(17)4)11-12-7-8-13(22)10-15(12)21(23,24)25/h7-8,10,14H,5-6,9,11H2,1-4H3/t14?,20-/m0/s1. The first-order valence-corrected chi connectivity index (χ1v) is 9.55. The van der Waals surface area contributed by atoms with Crippen LogP contribution in [0.3, 0.4) is 0 Å². The average molecular weight is 396 g/mol. The first-order valence-electron chi connectivity index (χ1n) is 9.55. The van der Waals surface area contributed by atoms with Crippen LogP contribution in [0.4, 0.5) is 17.6 Å². The van der Waals surface area contributed by atoms with Crippen LogP contribution in [0.5, 0.6) is 0 Å². The molecule has 2 aliphatic carbocycles. The molecular weight excluding hydrogens is 372 g/mol. The molecule has 1 heterocycles. The Morgan fingerprint density at radius 2 is 1.89 bits per heavy atom. The second kappa shape index (κ2) is 5.74. The summed E-state index contributed by atoms with van der Waals surface area (Å²) in [4.78, 5) is 13.3. The number of rotatable bonds is 2. The molecule has 152 valence electrons. The molecule has 0 saturated heterocycles. The molecule has 0 aliphatic heterocycles. The van der Waals surface area contributed by atoms with E-state index < -0.39 is 17.6 Å². The first kappa shape index (κ1) is 19.3. The molecular formula is C21H24F4N2O. The van der Waals surface area contributed by atoms with Gasteiger partial charge in [0.2, 0.25) is 0 Å². The van der Waals surface area contributed by atoms with Crippen LogP contribution in [-0.4, -0.2) is 9.36 Å². The lowest BCUT2D eigenvalue weighted by atomic mass is 9.58. The van der Waals surface area contributed by atoms with Crippen LogP contribution in [0.2, 0.25) is 0 Å². The van der Waals surface area contributed by atoms with Gasteiger partial charge in [-0.15, -0.1) is 0 Å². The van der Waals surface area contributed by atoms with Crippen LogP contribution >= 0.6 is 0 Å². The molecule has 1 aromatic heterocycles. The van der Waals surface area contributed by atoms with Crippen molar-refractivity contribution in [1.82, 2.24) is 9.36 Å². The maximum atomic E-state index is 13.4. The summed E-state index contributed by atoms with van der Waals surface area (Å²) < 4.78 is 56.7. The number of benzene rings is 1. The Kier molecular flexibility index (Phi) is 3.95. The van der Waals surface area contributed by atoms with Gasteiger partial charge in [0.25, 0.3) is 5.56 Å². The zero-order valence-electron chi connectivity index (χ0n) is 16.5. The third-order valence-electron chi connectivity index (χ3n) is 7.44. The topological polar surface area (TPSA) is 26.9 Å². The minimum Gasteiger partial charge on any atom is -0.289 e. The SMILES string of the molecule is Cn1c2c(c(=O)n1Cc1ccc(F)cc1C(F)(F)F)C1CCC[C@]2(C)C1(C)C. The molecule has 7 heteroatoms. The van der Waals surface area contributed by atoms with Gasteiger partial charge in [-0.05, 0) is 41.9 Å². The maximum absolute atomic E-state index is 13.4. The van der Waals surface area contributed by atoms with Crippen molar-refractivity contribution in [2.75, 3.05) is 0 Å². The average Bonchev–Trinajstić information content (AvgIpc) is 2.83. The molecule has 1 saturated carbocycles. The molecule has 2 aromatic rings. The highest BCUT2D eigenvalue weighted by molar-refractivity contribution is 5.43. The van der Waals surface area contributed by atoms with E-state index in [-0.39, 0.29) is 34.4 Å². The van der Waals surface area contributed by atoms with E-state index in [2.05, 4.69) is 20.8 Å². The summed E-state index contributed by atoms with van der Waals surface area (Å²) in [6, 6.07) is 2.62. The number of alkyl halides is 3. The Morgan fingerprint density at radius 1 is 1.21 bits per heavy atom. The smallest absolute Gasteiger partial charge is 0.289 e. The van der Waals surface area contributed by atoms with Gasteiger partial charge in [-0.2, -0.15) is 13.2 Å². The van der Waals surface area contributed by atoms with Gasteiger partial charge in [-0.1, -0.05) is 33.3 Å². The highest BCUT2D eigenvalue weighted by Crippen LogP contribution is 2.64. The zero-order chi connectivity index (χ0) is 20.6. The maximum Gasteiger partial charge on any atom is 0.416 e. The molecule has 1 aromatic carbocycles. The van der Waals surface area contributed by atoms with E-state index in [1.54, 1.807) is 11.7 Å². The molecule has 0 amide bonds. The van der Waals surface area contributed by atoms with Crippen molar-refractivity contribution >= 4 is 0 Å². The van der Waals surface area contributed by atoms with Crippen LogP contribution in [0, 0.1) is 11.2 Å². The summed E-state index contributed by atoms with van der Waals surface area (Å²) in [7, 11) is 1.75. The van der Waals surface area contributed by atoms with Crippen molar-refractivity contribution in [2.24, 2.45) is 12.5 Å². The van der Waals surface area contributed by atoms with Crippen molar-refractivity contribution in [1.29, 1.82) is 0 Å². The summed E-state index contributed by atoms with van der Waals surface area (Å²) in [5, 5.41) is 0. The number of fused-ring (bicyclic) bond motifs is 5. The van der Waals surface area contributed by atoms with Gasteiger partial charge in [-0.3, -0.25) is 9.48 Å². The van der Waals surface area contributed by atoms with E-state index in [0.29, 0.717) is 6.07 Å². The number of aromatic nitrogens is 2. The minimum absolute atomic E-state index is 0.0705. The molecule has 0 spiro atoms. The first-order chi connectivity index (χ1) is 12.9. The van der Waals surface area contributed by atoms with E-state index in [1.165, 1.54) is 4.68 Å². The molecule has 3 nitrogen and oxygen atoms in total. The Labute approximate surface area is 160 Å². The fourth-order valence-electron chi connectivity index (χ4n) is 5.59. The number of nitrogens with zero attached hydrogens (tertiary/aromatic N) is 2. The molecule has 28 heavy (non-hydrogen) atoms. The lowest BCUT2D eigenvalue weighted by Crippen LogP contribution is -2.43. The monoisotopic (exact) mass is 396 g/mol. The lowest BCUT2D eigenvalue weighted by Gasteiger charge is -2.46. The summed E-state index contributed by atoms with van der Waals surface area (Å²) in [5.41, 5.74) is 0.0683.